The van der Waals surface area contributed by atoms with Crippen molar-refractivity contribution in [2.24, 2.45) is 11.3 Å². The smallest absolute Gasteiger partial charge is 0.227 e. The number of nitrogens with zero attached hydrogens (tertiary/aromatic N) is 1. The summed E-state index contributed by atoms with van der Waals surface area (Å²) >= 11 is 0. The minimum absolute atomic E-state index is 0.0778. The SMILES string of the molecule is Cc1cccc(CCNC(=O)[C@H]2CCCN(C(=O)C(C)(C)C)C2)c1. The maximum Gasteiger partial charge on any atom is 0.227 e. The molecule has 0 radical (unpaired) electrons. The minimum atomic E-state index is -0.385. The number of hydrogen-bond donors (Lipinski definition) is 1. The maximum absolute atomic E-state index is 12.4. The highest BCUT2D eigenvalue weighted by atomic mass is 16.2. The lowest BCUT2D eigenvalue weighted by Gasteiger charge is -2.35. The average Bonchev–Trinajstić information content (AvgIpc) is 2.53. The normalized spacial score (nSPS) is 18.3. The summed E-state index contributed by atoms with van der Waals surface area (Å²) in [7, 11) is 0. The van der Waals surface area contributed by atoms with Gasteiger partial charge in [-0.15, -0.1) is 0 Å². The molecule has 132 valence electrons. The number of nitrogens with one attached hydrogen (secondary N) is 1. The van der Waals surface area contributed by atoms with Crippen molar-refractivity contribution in [1.29, 1.82) is 0 Å². The monoisotopic (exact) mass is 330 g/mol. The van der Waals surface area contributed by atoms with Crippen LogP contribution in [0.4, 0.5) is 0 Å². The van der Waals surface area contributed by atoms with E-state index >= 15 is 0 Å². The van der Waals surface area contributed by atoms with Crippen molar-refractivity contribution < 1.29 is 9.59 Å². The van der Waals surface area contributed by atoms with E-state index in [1.165, 1.54) is 11.1 Å². The summed E-state index contributed by atoms with van der Waals surface area (Å²) in [5.74, 6) is 0.136. The van der Waals surface area contributed by atoms with E-state index < -0.39 is 0 Å². The zero-order chi connectivity index (χ0) is 17.7. The summed E-state index contributed by atoms with van der Waals surface area (Å²) in [6, 6.07) is 8.36. The van der Waals surface area contributed by atoms with Gasteiger partial charge in [0.2, 0.25) is 11.8 Å². The first-order valence-corrected chi connectivity index (χ1v) is 8.90. The Morgan fingerprint density at radius 3 is 2.71 bits per heavy atom. The van der Waals surface area contributed by atoms with E-state index in [4.69, 9.17) is 0 Å². The van der Waals surface area contributed by atoms with E-state index in [1.807, 2.05) is 31.7 Å². The molecular weight excluding hydrogens is 300 g/mol. The highest BCUT2D eigenvalue weighted by Crippen LogP contribution is 2.23. The Bertz CT molecular complexity index is 590. The third kappa shape index (κ3) is 5.08. The molecule has 0 bridgehead atoms. The highest BCUT2D eigenvalue weighted by molar-refractivity contribution is 5.83. The first-order valence-electron chi connectivity index (χ1n) is 8.90. The fourth-order valence-corrected chi connectivity index (χ4v) is 3.19. The second-order valence-electron chi connectivity index (χ2n) is 7.87. The van der Waals surface area contributed by atoms with Crippen LogP contribution in [0.15, 0.2) is 24.3 Å². The van der Waals surface area contributed by atoms with Gasteiger partial charge in [-0.3, -0.25) is 9.59 Å². The third-order valence-electron chi connectivity index (χ3n) is 4.52. The van der Waals surface area contributed by atoms with Crippen LogP contribution in [-0.4, -0.2) is 36.3 Å². The minimum Gasteiger partial charge on any atom is -0.355 e. The van der Waals surface area contributed by atoms with Gasteiger partial charge in [-0.05, 0) is 31.7 Å². The lowest BCUT2D eigenvalue weighted by atomic mass is 9.91. The van der Waals surface area contributed by atoms with Crippen LogP contribution in [0.2, 0.25) is 0 Å². The quantitative estimate of drug-likeness (QED) is 0.923. The summed E-state index contributed by atoms with van der Waals surface area (Å²) < 4.78 is 0. The Balaban J connectivity index is 1.82. The molecule has 24 heavy (non-hydrogen) atoms. The van der Waals surface area contributed by atoms with Gasteiger partial charge in [0, 0.05) is 25.0 Å². The van der Waals surface area contributed by atoms with Gasteiger partial charge in [0.15, 0.2) is 0 Å². The number of rotatable bonds is 4. The molecule has 1 aliphatic heterocycles. The van der Waals surface area contributed by atoms with Crippen molar-refractivity contribution in [1.82, 2.24) is 10.2 Å². The molecule has 0 unspecified atom stereocenters. The van der Waals surface area contributed by atoms with Crippen molar-refractivity contribution in [3.63, 3.8) is 0 Å². The summed E-state index contributed by atoms with van der Waals surface area (Å²) in [6.45, 7) is 9.83. The molecule has 4 nitrogen and oxygen atoms in total. The molecule has 1 saturated heterocycles. The molecule has 1 atom stereocenters. The Hall–Kier alpha value is -1.84. The topological polar surface area (TPSA) is 49.4 Å². The van der Waals surface area contributed by atoms with Gasteiger partial charge in [-0.1, -0.05) is 50.6 Å². The van der Waals surface area contributed by atoms with E-state index in [2.05, 4.69) is 30.4 Å². The number of piperidine rings is 1. The molecule has 1 fully saturated rings. The van der Waals surface area contributed by atoms with Crippen molar-refractivity contribution in [3.05, 3.63) is 35.4 Å². The molecule has 0 spiro atoms. The van der Waals surface area contributed by atoms with Gasteiger partial charge < -0.3 is 10.2 Å². The zero-order valence-electron chi connectivity index (χ0n) is 15.4. The van der Waals surface area contributed by atoms with Crippen LogP contribution in [0.3, 0.4) is 0 Å². The molecule has 1 aromatic carbocycles. The Morgan fingerprint density at radius 2 is 2.04 bits per heavy atom. The molecule has 1 N–H and O–H groups in total. The van der Waals surface area contributed by atoms with Crippen LogP contribution in [0, 0.1) is 18.3 Å². The molecule has 2 amide bonds. The molecule has 0 aromatic heterocycles. The van der Waals surface area contributed by atoms with Crippen LogP contribution in [-0.2, 0) is 16.0 Å². The van der Waals surface area contributed by atoms with Crippen molar-refractivity contribution in [2.75, 3.05) is 19.6 Å². The molecule has 1 aliphatic rings. The third-order valence-corrected chi connectivity index (χ3v) is 4.52. The van der Waals surface area contributed by atoms with Gasteiger partial charge in [-0.25, -0.2) is 0 Å². The van der Waals surface area contributed by atoms with Crippen LogP contribution < -0.4 is 5.32 Å². The molecule has 4 heteroatoms. The van der Waals surface area contributed by atoms with Gasteiger partial charge in [-0.2, -0.15) is 0 Å². The number of aryl methyl sites for hydroxylation is 1. The number of amides is 2. The molecule has 1 heterocycles. The highest BCUT2D eigenvalue weighted by Gasteiger charge is 2.33. The van der Waals surface area contributed by atoms with Crippen LogP contribution in [0.5, 0.6) is 0 Å². The average molecular weight is 330 g/mol. The summed E-state index contributed by atoms with van der Waals surface area (Å²) in [5.41, 5.74) is 2.09. The lowest BCUT2D eigenvalue weighted by Crippen LogP contribution is -2.48. The van der Waals surface area contributed by atoms with Crippen LogP contribution in [0.1, 0.15) is 44.7 Å². The van der Waals surface area contributed by atoms with E-state index in [9.17, 15) is 9.59 Å². The predicted molar refractivity (Wildman–Crippen MR) is 96.7 cm³/mol. The summed E-state index contributed by atoms with van der Waals surface area (Å²) in [5, 5.41) is 3.04. The summed E-state index contributed by atoms with van der Waals surface area (Å²) in [4.78, 5) is 26.7. The lowest BCUT2D eigenvalue weighted by molar-refractivity contribution is -0.142. The molecule has 0 saturated carbocycles. The molecule has 0 aliphatic carbocycles. The van der Waals surface area contributed by atoms with Gasteiger partial charge >= 0.3 is 0 Å². The molecule has 2 rings (SSSR count). The maximum atomic E-state index is 12.4. The largest absolute Gasteiger partial charge is 0.355 e. The number of benzene rings is 1. The standard InChI is InChI=1S/C20H30N2O2/c1-15-7-5-8-16(13-15)10-11-21-18(23)17-9-6-12-22(14-17)19(24)20(2,3)4/h5,7-8,13,17H,6,9-12,14H2,1-4H3,(H,21,23)/t17-/m0/s1. The fourth-order valence-electron chi connectivity index (χ4n) is 3.19. The van der Waals surface area contributed by atoms with Crippen LogP contribution >= 0.6 is 0 Å². The van der Waals surface area contributed by atoms with Crippen LogP contribution in [0.25, 0.3) is 0 Å². The first kappa shape index (κ1) is 18.5. The first-order chi connectivity index (χ1) is 11.3. The van der Waals surface area contributed by atoms with Gasteiger partial charge in [0.1, 0.15) is 0 Å². The number of likely N-dealkylation sites (tertiary alicyclic amines) is 1. The van der Waals surface area contributed by atoms with E-state index in [1.54, 1.807) is 0 Å². The summed E-state index contributed by atoms with van der Waals surface area (Å²) in [6.07, 6.45) is 2.60. The Morgan fingerprint density at radius 1 is 1.29 bits per heavy atom. The second-order valence-corrected chi connectivity index (χ2v) is 7.87. The Labute approximate surface area is 145 Å². The molecule has 1 aromatic rings. The number of hydrogen-bond acceptors (Lipinski definition) is 2. The van der Waals surface area contributed by atoms with Crippen molar-refractivity contribution >= 4 is 11.8 Å². The van der Waals surface area contributed by atoms with E-state index in [-0.39, 0.29) is 23.1 Å². The van der Waals surface area contributed by atoms with Crippen molar-refractivity contribution in [2.45, 2.75) is 47.0 Å². The predicted octanol–water partition coefficient (Wildman–Crippen LogP) is 2.94. The molecular formula is C20H30N2O2. The van der Waals surface area contributed by atoms with Gasteiger partial charge in [0.05, 0.1) is 5.92 Å². The van der Waals surface area contributed by atoms with Crippen molar-refractivity contribution in [3.8, 4) is 0 Å². The van der Waals surface area contributed by atoms with E-state index in [0.29, 0.717) is 13.1 Å². The number of carbonyl (C=O) groups excluding carboxylic acids is 2. The van der Waals surface area contributed by atoms with Gasteiger partial charge in [0.25, 0.3) is 0 Å². The zero-order valence-corrected chi connectivity index (χ0v) is 15.4. The fraction of sp³-hybridized carbons (Fsp3) is 0.600. The Kier molecular flexibility index (Phi) is 6.03. The van der Waals surface area contributed by atoms with E-state index in [0.717, 1.165) is 25.8 Å². The number of carbonyl (C=O) groups is 2. The second kappa shape index (κ2) is 7.82.